The Labute approximate surface area is 127 Å². The number of carboxylic acids is 1. The first-order chi connectivity index (χ1) is 10.2. The van der Waals surface area contributed by atoms with Gasteiger partial charge in [0, 0.05) is 14.1 Å². The van der Waals surface area contributed by atoms with E-state index in [2.05, 4.69) is 5.10 Å². The van der Waals surface area contributed by atoms with Crippen LogP contribution in [0.4, 0.5) is 5.69 Å². The maximum Gasteiger partial charge on any atom is 0.322 e. The molecular formula is C13H15N3O5S. The summed E-state index contributed by atoms with van der Waals surface area (Å²) in [5.74, 6) is -3.24. The molecule has 1 aliphatic heterocycles. The van der Waals surface area contributed by atoms with Gasteiger partial charge in [0.2, 0.25) is 10.0 Å². The van der Waals surface area contributed by atoms with Crippen LogP contribution in [0.25, 0.3) is 0 Å². The number of hydrazone groups is 1. The predicted octanol–water partition coefficient (Wildman–Crippen LogP) is 0.360. The van der Waals surface area contributed by atoms with Crippen molar-refractivity contribution in [2.24, 2.45) is 11.0 Å². The van der Waals surface area contributed by atoms with Crippen molar-refractivity contribution in [2.75, 3.05) is 19.1 Å². The summed E-state index contributed by atoms with van der Waals surface area (Å²) in [6, 6.07) is 5.51. The van der Waals surface area contributed by atoms with E-state index >= 15 is 0 Å². The molecule has 0 aliphatic carbocycles. The zero-order valence-electron chi connectivity index (χ0n) is 12.2. The first-order valence-electron chi connectivity index (χ1n) is 6.30. The van der Waals surface area contributed by atoms with E-state index in [1.165, 1.54) is 45.3 Å². The van der Waals surface area contributed by atoms with Crippen LogP contribution in [0.3, 0.4) is 0 Å². The summed E-state index contributed by atoms with van der Waals surface area (Å²) in [5, 5.41) is 13.9. The highest BCUT2D eigenvalue weighted by Crippen LogP contribution is 2.25. The highest BCUT2D eigenvalue weighted by molar-refractivity contribution is 7.89. The molecule has 0 bridgehead atoms. The van der Waals surface area contributed by atoms with Gasteiger partial charge in [-0.1, -0.05) is 0 Å². The number of hydrogen-bond donors (Lipinski definition) is 1. The summed E-state index contributed by atoms with van der Waals surface area (Å²) < 4.78 is 25.0. The van der Waals surface area contributed by atoms with Crippen molar-refractivity contribution in [3.8, 4) is 0 Å². The van der Waals surface area contributed by atoms with Gasteiger partial charge in [0.25, 0.3) is 5.91 Å². The molecule has 1 N–H and O–H groups in total. The Hall–Kier alpha value is -2.26. The number of sulfonamides is 1. The third kappa shape index (κ3) is 2.60. The van der Waals surface area contributed by atoms with Crippen LogP contribution >= 0.6 is 0 Å². The molecule has 1 aromatic rings. The molecule has 9 heteroatoms. The van der Waals surface area contributed by atoms with Crippen LogP contribution in [-0.2, 0) is 19.6 Å². The molecule has 1 amide bonds. The fraction of sp³-hybridized carbons (Fsp3) is 0.308. The Morgan fingerprint density at radius 2 is 1.82 bits per heavy atom. The SMILES string of the molecule is CC1=NN(c2ccc(S(=O)(=O)N(C)C)cc2)C(=O)C1C(=O)O. The van der Waals surface area contributed by atoms with Gasteiger partial charge in [-0.05, 0) is 31.2 Å². The average molecular weight is 325 g/mol. The third-order valence-corrected chi connectivity index (χ3v) is 5.07. The molecule has 2 rings (SSSR count). The second kappa shape index (κ2) is 5.50. The van der Waals surface area contributed by atoms with Gasteiger partial charge in [0.05, 0.1) is 16.3 Å². The summed E-state index contributed by atoms with van der Waals surface area (Å²) in [4.78, 5) is 23.2. The molecule has 0 spiro atoms. The zero-order chi connectivity index (χ0) is 16.7. The van der Waals surface area contributed by atoms with Crippen LogP contribution in [0.1, 0.15) is 6.92 Å². The predicted molar refractivity (Wildman–Crippen MR) is 79.0 cm³/mol. The Morgan fingerprint density at radius 1 is 1.27 bits per heavy atom. The van der Waals surface area contributed by atoms with E-state index in [9.17, 15) is 18.0 Å². The number of aliphatic carboxylic acids is 1. The fourth-order valence-electron chi connectivity index (χ4n) is 2.01. The van der Waals surface area contributed by atoms with E-state index in [1.54, 1.807) is 0 Å². The summed E-state index contributed by atoms with van der Waals surface area (Å²) in [6.07, 6.45) is 0. The molecule has 1 aliphatic rings. The van der Waals surface area contributed by atoms with Gasteiger partial charge in [-0.3, -0.25) is 9.59 Å². The van der Waals surface area contributed by atoms with Crippen molar-refractivity contribution < 1.29 is 23.1 Å². The lowest BCUT2D eigenvalue weighted by molar-refractivity contribution is -0.142. The lowest BCUT2D eigenvalue weighted by Gasteiger charge is -2.15. The lowest BCUT2D eigenvalue weighted by atomic mass is 10.1. The minimum atomic E-state index is -3.57. The van der Waals surface area contributed by atoms with Gasteiger partial charge < -0.3 is 5.11 Å². The van der Waals surface area contributed by atoms with Crippen molar-refractivity contribution in [2.45, 2.75) is 11.8 Å². The van der Waals surface area contributed by atoms with Gasteiger partial charge in [-0.15, -0.1) is 0 Å². The molecule has 118 valence electrons. The number of carboxylic acid groups (broad SMARTS) is 1. The highest BCUT2D eigenvalue weighted by atomic mass is 32.2. The van der Waals surface area contributed by atoms with Crippen molar-refractivity contribution >= 4 is 33.3 Å². The maximum absolute atomic E-state index is 12.1. The molecule has 0 saturated carbocycles. The first-order valence-corrected chi connectivity index (χ1v) is 7.74. The molecule has 1 unspecified atom stereocenters. The molecule has 22 heavy (non-hydrogen) atoms. The second-order valence-corrected chi connectivity index (χ2v) is 7.10. The van der Waals surface area contributed by atoms with E-state index in [1.807, 2.05) is 0 Å². The number of hydrogen-bond acceptors (Lipinski definition) is 5. The minimum Gasteiger partial charge on any atom is -0.480 e. The largest absolute Gasteiger partial charge is 0.480 e. The van der Waals surface area contributed by atoms with Crippen LogP contribution in [0.15, 0.2) is 34.3 Å². The molecule has 1 heterocycles. The summed E-state index contributed by atoms with van der Waals surface area (Å²) >= 11 is 0. The van der Waals surface area contributed by atoms with Gasteiger partial charge in [0.15, 0.2) is 5.92 Å². The molecule has 1 atom stereocenters. The summed E-state index contributed by atoms with van der Waals surface area (Å²) in [7, 11) is -0.736. The van der Waals surface area contributed by atoms with E-state index in [-0.39, 0.29) is 10.6 Å². The van der Waals surface area contributed by atoms with E-state index in [0.29, 0.717) is 5.69 Å². The smallest absolute Gasteiger partial charge is 0.322 e. The molecule has 0 aromatic heterocycles. The monoisotopic (exact) mass is 325 g/mol. The van der Waals surface area contributed by atoms with Crippen LogP contribution in [0, 0.1) is 5.92 Å². The quantitative estimate of drug-likeness (QED) is 0.804. The zero-order valence-corrected chi connectivity index (χ0v) is 13.0. The van der Waals surface area contributed by atoms with Crippen molar-refractivity contribution in [1.82, 2.24) is 4.31 Å². The van der Waals surface area contributed by atoms with E-state index < -0.39 is 27.8 Å². The number of nitrogens with zero attached hydrogens (tertiary/aromatic N) is 3. The summed E-state index contributed by atoms with van der Waals surface area (Å²) in [5.41, 5.74) is 0.494. The third-order valence-electron chi connectivity index (χ3n) is 3.24. The average Bonchev–Trinajstić information content (AvgIpc) is 2.74. The van der Waals surface area contributed by atoms with Gasteiger partial charge in [-0.25, -0.2) is 12.7 Å². The molecule has 0 saturated heterocycles. The van der Waals surface area contributed by atoms with Gasteiger partial charge in [0.1, 0.15) is 0 Å². The van der Waals surface area contributed by atoms with E-state index in [4.69, 9.17) is 5.11 Å². The molecular weight excluding hydrogens is 310 g/mol. The Bertz CT molecular complexity index is 752. The van der Waals surface area contributed by atoms with Crippen LogP contribution in [0.2, 0.25) is 0 Å². The molecule has 0 radical (unpaired) electrons. The Kier molecular flexibility index (Phi) is 4.03. The molecule has 8 nitrogen and oxygen atoms in total. The number of rotatable bonds is 4. The highest BCUT2D eigenvalue weighted by Gasteiger charge is 2.39. The van der Waals surface area contributed by atoms with Crippen LogP contribution < -0.4 is 5.01 Å². The second-order valence-electron chi connectivity index (χ2n) is 4.94. The van der Waals surface area contributed by atoms with Crippen molar-refractivity contribution in [1.29, 1.82) is 0 Å². The number of amides is 1. The van der Waals surface area contributed by atoms with Crippen LogP contribution in [0.5, 0.6) is 0 Å². The standard InChI is InChI=1S/C13H15N3O5S/c1-8-11(13(18)19)12(17)16(14-8)9-4-6-10(7-5-9)22(20,21)15(2)3/h4-7,11H,1-3H3,(H,18,19). The number of carbonyl (C=O) groups excluding carboxylic acids is 1. The Morgan fingerprint density at radius 3 is 2.23 bits per heavy atom. The van der Waals surface area contributed by atoms with Crippen molar-refractivity contribution in [3.05, 3.63) is 24.3 Å². The van der Waals surface area contributed by atoms with Gasteiger partial charge in [-0.2, -0.15) is 10.1 Å². The number of carbonyl (C=O) groups is 2. The van der Waals surface area contributed by atoms with E-state index in [0.717, 1.165) is 9.31 Å². The normalized spacial score (nSPS) is 18.7. The van der Waals surface area contributed by atoms with Crippen molar-refractivity contribution in [3.63, 3.8) is 0 Å². The molecule has 0 fully saturated rings. The number of anilines is 1. The lowest BCUT2D eigenvalue weighted by Crippen LogP contribution is -2.32. The maximum atomic E-state index is 12.1. The number of benzene rings is 1. The summed E-state index contributed by atoms with van der Waals surface area (Å²) in [6.45, 7) is 1.46. The van der Waals surface area contributed by atoms with Gasteiger partial charge >= 0.3 is 5.97 Å². The molecule has 1 aromatic carbocycles. The fourth-order valence-corrected chi connectivity index (χ4v) is 2.91. The topological polar surface area (TPSA) is 107 Å². The Balaban J connectivity index is 2.34. The first kappa shape index (κ1) is 16.1. The minimum absolute atomic E-state index is 0.0726. The van der Waals surface area contributed by atoms with Crippen LogP contribution in [-0.4, -0.2) is 49.5 Å².